The van der Waals surface area contributed by atoms with Crippen LogP contribution in [0.15, 0.2) is 53.4 Å². The maximum absolute atomic E-state index is 10.5. The van der Waals surface area contributed by atoms with Crippen molar-refractivity contribution in [2.24, 2.45) is 0 Å². The fourth-order valence-electron chi connectivity index (χ4n) is 1.88. The van der Waals surface area contributed by atoms with E-state index in [-0.39, 0.29) is 6.42 Å². The van der Waals surface area contributed by atoms with E-state index < -0.39 is 5.97 Å². The molecule has 0 fully saturated rings. The highest BCUT2D eigenvalue weighted by Gasteiger charge is 2.02. The van der Waals surface area contributed by atoms with Crippen molar-refractivity contribution in [3.05, 3.63) is 54.1 Å². The molecule has 0 saturated carbocycles. The topological polar surface area (TPSA) is 37.3 Å². The van der Waals surface area contributed by atoms with Gasteiger partial charge in [0.2, 0.25) is 0 Å². The molecule has 0 unspecified atom stereocenters. The highest BCUT2D eigenvalue weighted by atomic mass is 32.2. The molecule has 0 spiro atoms. The van der Waals surface area contributed by atoms with E-state index in [4.69, 9.17) is 5.11 Å². The van der Waals surface area contributed by atoms with Gasteiger partial charge in [-0.15, -0.1) is 11.8 Å². The zero-order valence-corrected chi connectivity index (χ0v) is 11.6. The van der Waals surface area contributed by atoms with E-state index in [9.17, 15) is 4.79 Å². The van der Waals surface area contributed by atoms with Gasteiger partial charge in [0.15, 0.2) is 0 Å². The molecule has 1 N–H and O–H groups in total. The quantitative estimate of drug-likeness (QED) is 0.828. The number of aryl methyl sites for hydroxylation is 1. The van der Waals surface area contributed by atoms with Crippen LogP contribution >= 0.6 is 11.8 Å². The molecule has 0 amide bonds. The molecule has 0 aromatic heterocycles. The van der Waals surface area contributed by atoms with Gasteiger partial charge in [-0.1, -0.05) is 36.4 Å². The molecule has 2 aromatic rings. The summed E-state index contributed by atoms with van der Waals surface area (Å²) in [5, 5.41) is 8.60. The number of rotatable bonds is 5. The lowest BCUT2D eigenvalue weighted by Crippen LogP contribution is -1.95. The monoisotopic (exact) mass is 272 g/mol. The molecule has 0 atom stereocenters. The highest BCUT2D eigenvalue weighted by molar-refractivity contribution is 7.99. The average molecular weight is 272 g/mol. The van der Waals surface area contributed by atoms with E-state index in [1.165, 1.54) is 16.7 Å². The van der Waals surface area contributed by atoms with Gasteiger partial charge in [-0.3, -0.25) is 4.79 Å². The maximum Gasteiger partial charge on any atom is 0.304 e. The van der Waals surface area contributed by atoms with Gasteiger partial charge in [-0.2, -0.15) is 0 Å². The Labute approximate surface area is 117 Å². The predicted molar refractivity (Wildman–Crippen MR) is 79.6 cm³/mol. The third kappa shape index (κ3) is 3.86. The minimum Gasteiger partial charge on any atom is -0.481 e. The molecular formula is C16H16O2S. The Balaban J connectivity index is 2.06. The first kappa shape index (κ1) is 13.7. The number of thioether (sulfide) groups is 1. The first-order valence-corrected chi connectivity index (χ1v) is 7.16. The molecule has 3 heteroatoms. The number of benzene rings is 2. The number of carboxylic acid groups (broad SMARTS) is 1. The molecule has 98 valence electrons. The predicted octanol–water partition coefficient (Wildman–Crippen LogP) is 4.23. The second-order valence-electron chi connectivity index (χ2n) is 4.33. The van der Waals surface area contributed by atoms with Crippen molar-refractivity contribution >= 4 is 17.7 Å². The summed E-state index contributed by atoms with van der Waals surface area (Å²) < 4.78 is 0. The van der Waals surface area contributed by atoms with Crippen molar-refractivity contribution in [1.82, 2.24) is 0 Å². The standard InChI is InChI=1S/C16H16O2S/c1-12-4-2-3-5-15(12)13-6-8-14(9-7-13)19-11-10-16(17)18/h2-9H,10-11H2,1H3,(H,17,18). The molecule has 19 heavy (non-hydrogen) atoms. The van der Waals surface area contributed by atoms with Crippen LogP contribution in [0.2, 0.25) is 0 Å². The molecular weight excluding hydrogens is 256 g/mol. The lowest BCUT2D eigenvalue weighted by atomic mass is 10.0. The summed E-state index contributed by atoms with van der Waals surface area (Å²) in [5.74, 6) is -0.136. The molecule has 0 aliphatic rings. The normalized spacial score (nSPS) is 10.4. The number of hydrogen-bond acceptors (Lipinski definition) is 2. The van der Waals surface area contributed by atoms with Crippen LogP contribution < -0.4 is 0 Å². The zero-order chi connectivity index (χ0) is 13.7. The van der Waals surface area contributed by atoms with E-state index >= 15 is 0 Å². The van der Waals surface area contributed by atoms with Gasteiger partial charge >= 0.3 is 5.97 Å². The summed E-state index contributed by atoms with van der Waals surface area (Å²) in [7, 11) is 0. The van der Waals surface area contributed by atoms with Gasteiger partial charge in [0, 0.05) is 10.6 Å². The first-order valence-electron chi connectivity index (χ1n) is 6.17. The van der Waals surface area contributed by atoms with Crippen LogP contribution in [0.5, 0.6) is 0 Å². The van der Waals surface area contributed by atoms with Gasteiger partial charge in [-0.05, 0) is 35.7 Å². The highest BCUT2D eigenvalue weighted by Crippen LogP contribution is 2.26. The van der Waals surface area contributed by atoms with Crippen LogP contribution in [-0.4, -0.2) is 16.8 Å². The van der Waals surface area contributed by atoms with Crippen LogP contribution in [0.25, 0.3) is 11.1 Å². The number of carboxylic acids is 1. The Kier molecular flexibility index (Phi) is 4.63. The van der Waals surface area contributed by atoms with E-state index in [2.05, 4.69) is 31.2 Å². The lowest BCUT2D eigenvalue weighted by Gasteiger charge is -2.06. The van der Waals surface area contributed by atoms with E-state index in [0.717, 1.165) is 4.90 Å². The summed E-state index contributed by atoms with van der Waals surface area (Å²) in [6.07, 6.45) is 0.199. The van der Waals surface area contributed by atoms with E-state index in [1.807, 2.05) is 24.3 Å². The average Bonchev–Trinajstić information content (AvgIpc) is 2.40. The lowest BCUT2D eigenvalue weighted by molar-refractivity contribution is -0.136. The fourth-order valence-corrected chi connectivity index (χ4v) is 2.72. The maximum atomic E-state index is 10.5. The van der Waals surface area contributed by atoms with Crippen molar-refractivity contribution in [3.63, 3.8) is 0 Å². The van der Waals surface area contributed by atoms with Crippen molar-refractivity contribution in [1.29, 1.82) is 0 Å². The minimum atomic E-state index is -0.746. The zero-order valence-electron chi connectivity index (χ0n) is 10.8. The molecule has 0 aliphatic carbocycles. The van der Waals surface area contributed by atoms with Crippen molar-refractivity contribution in [3.8, 4) is 11.1 Å². The van der Waals surface area contributed by atoms with Gasteiger partial charge in [0.05, 0.1) is 6.42 Å². The largest absolute Gasteiger partial charge is 0.481 e. The first-order chi connectivity index (χ1) is 9.16. The summed E-state index contributed by atoms with van der Waals surface area (Å²) in [5.41, 5.74) is 3.69. The van der Waals surface area contributed by atoms with Gasteiger partial charge in [0.25, 0.3) is 0 Å². The Morgan fingerprint density at radius 2 is 1.79 bits per heavy atom. The van der Waals surface area contributed by atoms with Crippen LogP contribution in [0.4, 0.5) is 0 Å². The molecule has 0 saturated heterocycles. The number of carbonyl (C=O) groups is 1. The third-order valence-electron chi connectivity index (χ3n) is 2.90. The second-order valence-corrected chi connectivity index (χ2v) is 5.50. The number of aliphatic carboxylic acids is 1. The van der Waals surface area contributed by atoms with Crippen LogP contribution in [-0.2, 0) is 4.79 Å². The van der Waals surface area contributed by atoms with Crippen molar-refractivity contribution < 1.29 is 9.90 Å². The Morgan fingerprint density at radius 1 is 1.11 bits per heavy atom. The summed E-state index contributed by atoms with van der Waals surface area (Å²) >= 11 is 1.58. The Bertz CT molecular complexity index is 561. The van der Waals surface area contributed by atoms with E-state index in [0.29, 0.717) is 5.75 Å². The summed E-state index contributed by atoms with van der Waals surface area (Å²) in [6.45, 7) is 2.10. The minimum absolute atomic E-state index is 0.199. The fraction of sp³-hybridized carbons (Fsp3) is 0.188. The Hall–Kier alpha value is -1.74. The SMILES string of the molecule is Cc1ccccc1-c1ccc(SCCC(=O)O)cc1. The molecule has 2 rings (SSSR count). The van der Waals surface area contributed by atoms with Gasteiger partial charge < -0.3 is 5.11 Å². The van der Waals surface area contributed by atoms with E-state index in [1.54, 1.807) is 11.8 Å². The van der Waals surface area contributed by atoms with Crippen molar-refractivity contribution in [2.75, 3.05) is 5.75 Å². The van der Waals surface area contributed by atoms with Crippen LogP contribution in [0.1, 0.15) is 12.0 Å². The number of hydrogen-bond donors (Lipinski definition) is 1. The summed E-state index contributed by atoms with van der Waals surface area (Å²) in [6, 6.07) is 16.6. The molecule has 0 heterocycles. The van der Waals surface area contributed by atoms with Gasteiger partial charge in [0.1, 0.15) is 0 Å². The molecule has 2 aromatic carbocycles. The molecule has 0 bridgehead atoms. The third-order valence-corrected chi connectivity index (χ3v) is 3.91. The van der Waals surface area contributed by atoms with Crippen molar-refractivity contribution in [2.45, 2.75) is 18.2 Å². The molecule has 0 radical (unpaired) electrons. The smallest absolute Gasteiger partial charge is 0.304 e. The molecule has 2 nitrogen and oxygen atoms in total. The van der Waals surface area contributed by atoms with Crippen LogP contribution in [0, 0.1) is 6.92 Å². The Morgan fingerprint density at radius 3 is 2.42 bits per heavy atom. The van der Waals surface area contributed by atoms with Gasteiger partial charge in [-0.25, -0.2) is 0 Å². The second kappa shape index (κ2) is 6.43. The summed E-state index contributed by atoms with van der Waals surface area (Å²) in [4.78, 5) is 11.6. The molecule has 0 aliphatic heterocycles. The van der Waals surface area contributed by atoms with Crippen LogP contribution in [0.3, 0.4) is 0 Å².